The van der Waals surface area contributed by atoms with Crippen LogP contribution < -0.4 is 10.6 Å². The molecule has 2 N–H and O–H groups in total. The third kappa shape index (κ3) is 4.56. The molecule has 2 amide bonds. The molecule has 0 aromatic carbocycles. The van der Waals surface area contributed by atoms with Crippen molar-refractivity contribution in [2.45, 2.75) is 44.7 Å². The fraction of sp³-hybridized carbons (Fsp3) is 0.857. The van der Waals surface area contributed by atoms with Gasteiger partial charge in [-0.1, -0.05) is 0 Å². The molecule has 0 aliphatic carbocycles. The summed E-state index contributed by atoms with van der Waals surface area (Å²) in [6.07, 6.45) is 2.96. The second-order valence-corrected chi connectivity index (χ2v) is 5.85. The van der Waals surface area contributed by atoms with E-state index in [1.165, 1.54) is 0 Å². The first kappa shape index (κ1) is 18.2. The number of nitrogens with zero attached hydrogens (tertiary/aromatic N) is 1. The molecule has 2 aliphatic rings. The topological polar surface area (TPSA) is 70.7 Å². The monoisotopic (exact) mass is 319 g/mol. The number of rotatable bonds is 3. The molecule has 2 fully saturated rings. The van der Waals surface area contributed by atoms with Crippen LogP contribution in [0.2, 0.25) is 0 Å². The van der Waals surface area contributed by atoms with E-state index in [-0.39, 0.29) is 24.2 Å². The maximum absolute atomic E-state index is 12.3. The second-order valence-electron chi connectivity index (χ2n) is 5.85. The Morgan fingerprint density at radius 3 is 2.52 bits per heavy atom. The average molecular weight is 320 g/mol. The predicted octanol–water partition coefficient (Wildman–Crippen LogP) is 0.304. The van der Waals surface area contributed by atoms with Gasteiger partial charge >= 0.3 is 0 Å². The first-order chi connectivity index (χ1) is 9.53. The van der Waals surface area contributed by atoms with Crippen molar-refractivity contribution in [2.24, 2.45) is 0 Å². The van der Waals surface area contributed by atoms with Gasteiger partial charge in [0.25, 0.3) is 0 Å². The highest BCUT2D eigenvalue weighted by atomic mass is 35.5. The normalized spacial score (nSPS) is 27.4. The van der Waals surface area contributed by atoms with Crippen LogP contribution in [-0.4, -0.2) is 61.1 Å². The van der Waals surface area contributed by atoms with E-state index in [4.69, 9.17) is 4.74 Å². The lowest BCUT2D eigenvalue weighted by Crippen LogP contribution is -2.60. The van der Waals surface area contributed by atoms with Gasteiger partial charge in [0.2, 0.25) is 11.8 Å². The average Bonchev–Trinajstić information content (AvgIpc) is 2.48. The summed E-state index contributed by atoms with van der Waals surface area (Å²) in [5.41, 5.74) is -0.544. The largest absolute Gasteiger partial charge is 0.378 e. The molecule has 2 aliphatic heterocycles. The number of ether oxygens (including phenoxy) is 1. The number of nitrogens with one attached hydrogen (secondary N) is 2. The van der Waals surface area contributed by atoms with Crippen LogP contribution in [0.25, 0.3) is 0 Å². The number of morpholine rings is 1. The minimum Gasteiger partial charge on any atom is -0.378 e. The zero-order valence-corrected chi connectivity index (χ0v) is 13.6. The van der Waals surface area contributed by atoms with Gasteiger partial charge < -0.3 is 20.3 Å². The first-order valence-electron chi connectivity index (χ1n) is 7.45. The number of carbonyl (C=O) groups excluding carboxylic acids is 2. The van der Waals surface area contributed by atoms with E-state index in [0.717, 1.165) is 25.8 Å². The molecule has 2 unspecified atom stereocenters. The van der Waals surface area contributed by atoms with Crippen LogP contribution in [0.15, 0.2) is 0 Å². The quantitative estimate of drug-likeness (QED) is 0.785. The Labute approximate surface area is 132 Å². The maximum Gasteiger partial charge on any atom is 0.245 e. The van der Waals surface area contributed by atoms with Gasteiger partial charge in [0.1, 0.15) is 6.04 Å². The van der Waals surface area contributed by atoms with E-state index >= 15 is 0 Å². The van der Waals surface area contributed by atoms with Crippen molar-refractivity contribution < 1.29 is 14.3 Å². The highest BCUT2D eigenvalue weighted by Crippen LogP contribution is 2.19. The van der Waals surface area contributed by atoms with Crippen LogP contribution in [-0.2, 0) is 14.3 Å². The van der Waals surface area contributed by atoms with Crippen molar-refractivity contribution in [3.8, 4) is 0 Å². The van der Waals surface area contributed by atoms with Crippen molar-refractivity contribution in [2.75, 3.05) is 32.8 Å². The molecule has 2 atom stereocenters. The number of piperidine rings is 1. The molecule has 2 rings (SSSR count). The number of hydrogen-bond donors (Lipinski definition) is 2. The van der Waals surface area contributed by atoms with E-state index in [1.807, 2.05) is 6.92 Å². The van der Waals surface area contributed by atoms with Crippen molar-refractivity contribution in [3.63, 3.8) is 0 Å². The van der Waals surface area contributed by atoms with Gasteiger partial charge in [-0.2, -0.15) is 0 Å². The van der Waals surface area contributed by atoms with E-state index in [9.17, 15) is 9.59 Å². The Hall–Kier alpha value is -0.850. The zero-order chi connectivity index (χ0) is 14.6. The van der Waals surface area contributed by atoms with E-state index in [0.29, 0.717) is 26.3 Å². The Kier molecular flexibility index (Phi) is 6.90. The van der Waals surface area contributed by atoms with Gasteiger partial charge in [0.15, 0.2) is 0 Å². The van der Waals surface area contributed by atoms with Gasteiger partial charge in [-0.05, 0) is 39.7 Å². The van der Waals surface area contributed by atoms with Crippen LogP contribution in [0.1, 0.15) is 33.1 Å². The van der Waals surface area contributed by atoms with Crippen LogP contribution in [0.4, 0.5) is 0 Å². The van der Waals surface area contributed by atoms with Crippen molar-refractivity contribution >= 4 is 24.2 Å². The molecule has 0 radical (unpaired) electrons. The zero-order valence-electron chi connectivity index (χ0n) is 12.8. The van der Waals surface area contributed by atoms with E-state index < -0.39 is 11.6 Å². The molecule has 0 aromatic heterocycles. The smallest absolute Gasteiger partial charge is 0.245 e. The van der Waals surface area contributed by atoms with Gasteiger partial charge in [0.05, 0.1) is 18.8 Å². The molecule has 122 valence electrons. The van der Waals surface area contributed by atoms with Crippen molar-refractivity contribution in [1.29, 1.82) is 0 Å². The SMILES string of the molecule is CC(NC(=O)C1(C)CCCCN1)C(=O)N1CCOCC1.Cl. The molecule has 0 bridgehead atoms. The lowest BCUT2D eigenvalue weighted by atomic mass is 9.90. The van der Waals surface area contributed by atoms with Crippen LogP contribution in [0.5, 0.6) is 0 Å². The fourth-order valence-electron chi connectivity index (χ4n) is 2.73. The molecule has 2 saturated heterocycles. The standard InChI is InChI=1S/C14H25N3O3.ClH/c1-11(12(18)17-7-9-20-10-8-17)16-13(19)14(2)5-3-4-6-15-14;/h11,15H,3-10H2,1-2H3,(H,16,19);1H. The summed E-state index contributed by atoms with van der Waals surface area (Å²) in [5, 5.41) is 6.12. The molecule has 0 saturated carbocycles. The molecule has 0 spiro atoms. The molecular weight excluding hydrogens is 294 g/mol. The van der Waals surface area contributed by atoms with Gasteiger partial charge in [-0.15, -0.1) is 12.4 Å². The highest BCUT2D eigenvalue weighted by molar-refractivity contribution is 5.91. The summed E-state index contributed by atoms with van der Waals surface area (Å²) < 4.78 is 5.23. The third-order valence-corrected chi connectivity index (χ3v) is 4.16. The predicted molar refractivity (Wildman–Crippen MR) is 82.5 cm³/mol. The number of amides is 2. The highest BCUT2D eigenvalue weighted by Gasteiger charge is 2.36. The number of halogens is 1. The van der Waals surface area contributed by atoms with E-state index in [2.05, 4.69) is 10.6 Å². The van der Waals surface area contributed by atoms with E-state index in [1.54, 1.807) is 11.8 Å². The Morgan fingerprint density at radius 1 is 1.29 bits per heavy atom. The molecular formula is C14H26ClN3O3. The third-order valence-electron chi connectivity index (χ3n) is 4.16. The van der Waals surface area contributed by atoms with Crippen LogP contribution in [0, 0.1) is 0 Å². The second kappa shape index (κ2) is 7.96. The summed E-state index contributed by atoms with van der Waals surface area (Å²) >= 11 is 0. The summed E-state index contributed by atoms with van der Waals surface area (Å²) in [4.78, 5) is 26.4. The molecule has 6 nitrogen and oxygen atoms in total. The minimum absolute atomic E-state index is 0. The van der Waals surface area contributed by atoms with Gasteiger partial charge in [-0.25, -0.2) is 0 Å². The van der Waals surface area contributed by atoms with Gasteiger partial charge in [-0.3, -0.25) is 9.59 Å². The summed E-state index contributed by atoms with van der Waals surface area (Å²) in [7, 11) is 0. The van der Waals surface area contributed by atoms with Crippen molar-refractivity contribution in [1.82, 2.24) is 15.5 Å². The van der Waals surface area contributed by atoms with Gasteiger partial charge in [0, 0.05) is 13.1 Å². The summed E-state index contributed by atoms with van der Waals surface area (Å²) in [6.45, 7) is 6.88. The summed E-state index contributed by atoms with van der Waals surface area (Å²) in [5.74, 6) is -0.104. The van der Waals surface area contributed by atoms with Crippen molar-refractivity contribution in [3.05, 3.63) is 0 Å². The Balaban J connectivity index is 0.00000220. The molecule has 2 heterocycles. The molecule has 0 aromatic rings. The van der Waals surface area contributed by atoms with Crippen LogP contribution >= 0.6 is 12.4 Å². The minimum atomic E-state index is -0.544. The lowest BCUT2D eigenvalue weighted by Gasteiger charge is -2.35. The molecule has 7 heteroatoms. The van der Waals surface area contributed by atoms with Crippen LogP contribution in [0.3, 0.4) is 0 Å². The maximum atomic E-state index is 12.3. The first-order valence-corrected chi connectivity index (χ1v) is 7.45. The number of carbonyl (C=O) groups is 2. The lowest BCUT2D eigenvalue weighted by molar-refractivity contribution is -0.140. The summed E-state index contributed by atoms with van der Waals surface area (Å²) in [6, 6.07) is -0.485. The Bertz CT molecular complexity index is 366. The molecule has 21 heavy (non-hydrogen) atoms. The fourth-order valence-corrected chi connectivity index (χ4v) is 2.73. The Morgan fingerprint density at radius 2 is 1.95 bits per heavy atom. The number of hydrogen-bond acceptors (Lipinski definition) is 4.